The first-order chi connectivity index (χ1) is 10.1. The first kappa shape index (κ1) is 13.4. The lowest BCUT2D eigenvalue weighted by Gasteiger charge is -2.31. The molecule has 1 aliphatic rings. The Morgan fingerprint density at radius 1 is 1.24 bits per heavy atom. The van der Waals surface area contributed by atoms with Crippen LogP contribution in [0.2, 0.25) is 0 Å². The maximum absolute atomic E-state index is 13.7. The lowest BCUT2D eigenvalue weighted by Crippen LogP contribution is -2.31. The summed E-state index contributed by atoms with van der Waals surface area (Å²) in [5.74, 6) is -0.815. The Morgan fingerprint density at radius 2 is 2.00 bits per heavy atom. The molecule has 0 bridgehead atoms. The maximum Gasteiger partial charge on any atom is 0.327 e. The zero-order valence-electron chi connectivity index (χ0n) is 11.3. The molecule has 0 saturated heterocycles. The predicted octanol–water partition coefficient (Wildman–Crippen LogP) is 2.88. The Labute approximate surface area is 120 Å². The standard InChI is InChI=1S/C15H14FN3O2/c16-12-4-2-6-14(15(12)19(20)21)18-8-7-10-3-1-5-13(17)11(10)9-18/h1-6H,7-9,17H2. The fourth-order valence-electron chi connectivity index (χ4n) is 2.75. The number of hydrogen-bond donors (Lipinski definition) is 1. The highest BCUT2D eigenvalue weighted by atomic mass is 19.1. The molecule has 6 heteroatoms. The van der Waals surface area contributed by atoms with E-state index in [2.05, 4.69) is 0 Å². The van der Waals surface area contributed by atoms with Crippen molar-refractivity contribution in [3.8, 4) is 0 Å². The van der Waals surface area contributed by atoms with Crippen molar-refractivity contribution >= 4 is 17.1 Å². The number of nitrogens with two attached hydrogens (primary N) is 1. The number of rotatable bonds is 2. The smallest absolute Gasteiger partial charge is 0.327 e. The van der Waals surface area contributed by atoms with E-state index in [0.717, 1.165) is 23.6 Å². The summed E-state index contributed by atoms with van der Waals surface area (Å²) < 4.78 is 13.7. The van der Waals surface area contributed by atoms with Crippen LogP contribution in [-0.4, -0.2) is 11.5 Å². The highest BCUT2D eigenvalue weighted by molar-refractivity contribution is 5.66. The molecule has 0 aliphatic carbocycles. The van der Waals surface area contributed by atoms with Crippen LogP contribution in [0, 0.1) is 15.9 Å². The third-order valence-corrected chi connectivity index (χ3v) is 3.80. The number of nitro benzene ring substituents is 1. The topological polar surface area (TPSA) is 72.4 Å². The van der Waals surface area contributed by atoms with Gasteiger partial charge in [-0.15, -0.1) is 0 Å². The quantitative estimate of drug-likeness (QED) is 0.523. The van der Waals surface area contributed by atoms with Crippen LogP contribution in [0.15, 0.2) is 36.4 Å². The minimum atomic E-state index is -0.815. The molecule has 0 radical (unpaired) electrons. The molecule has 5 nitrogen and oxygen atoms in total. The minimum absolute atomic E-state index is 0.300. The van der Waals surface area contributed by atoms with Crippen LogP contribution in [-0.2, 0) is 13.0 Å². The molecule has 0 amide bonds. The molecule has 3 rings (SSSR count). The number of hydrogen-bond acceptors (Lipinski definition) is 4. The van der Waals surface area contributed by atoms with Crippen molar-refractivity contribution in [3.63, 3.8) is 0 Å². The Morgan fingerprint density at radius 3 is 2.76 bits per heavy atom. The van der Waals surface area contributed by atoms with E-state index in [1.807, 2.05) is 18.2 Å². The van der Waals surface area contributed by atoms with E-state index >= 15 is 0 Å². The van der Waals surface area contributed by atoms with Crippen LogP contribution in [0.4, 0.5) is 21.5 Å². The van der Waals surface area contributed by atoms with Gasteiger partial charge < -0.3 is 10.6 Å². The van der Waals surface area contributed by atoms with Gasteiger partial charge in [-0.1, -0.05) is 18.2 Å². The van der Waals surface area contributed by atoms with E-state index in [-0.39, 0.29) is 0 Å². The van der Waals surface area contributed by atoms with Crippen molar-refractivity contribution in [2.24, 2.45) is 0 Å². The normalized spacial score (nSPS) is 13.9. The lowest BCUT2D eigenvalue weighted by atomic mass is 9.97. The molecule has 0 atom stereocenters. The summed E-state index contributed by atoms with van der Waals surface area (Å²) in [5.41, 5.74) is 8.57. The number of benzene rings is 2. The molecule has 1 heterocycles. The molecular weight excluding hydrogens is 273 g/mol. The predicted molar refractivity (Wildman–Crippen MR) is 78.7 cm³/mol. The zero-order chi connectivity index (χ0) is 15.0. The van der Waals surface area contributed by atoms with Crippen LogP contribution < -0.4 is 10.6 Å². The second-order valence-electron chi connectivity index (χ2n) is 5.02. The van der Waals surface area contributed by atoms with Crippen LogP contribution in [0.1, 0.15) is 11.1 Å². The average Bonchev–Trinajstić information content (AvgIpc) is 2.46. The first-order valence-electron chi connectivity index (χ1n) is 6.62. The molecule has 2 aromatic rings. The fourth-order valence-corrected chi connectivity index (χ4v) is 2.75. The van der Waals surface area contributed by atoms with Crippen LogP contribution in [0.5, 0.6) is 0 Å². The Bertz CT molecular complexity index is 718. The van der Waals surface area contributed by atoms with Gasteiger partial charge >= 0.3 is 5.69 Å². The summed E-state index contributed by atoms with van der Waals surface area (Å²) in [7, 11) is 0. The van der Waals surface area contributed by atoms with Gasteiger partial charge in [0.05, 0.1) is 4.92 Å². The monoisotopic (exact) mass is 287 g/mol. The first-order valence-corrected chi connectivity index (χ1v) is 6.62. The summed E-state index contributed by atoms with van der Waals surface area (Å²) in [6.45, 7) is 1.05. The number of fused-ring (bicyclic) bond motifs is 1. The van der Waals surface area contributed by atoms with Gasteiger partial charge in [0.2, 0.25) is 5.82 Å². The van der Waals surface area contributed by atoms with E-state index in [1.54, 1.807) is 11.0 Å². The minimum Gasteiger partial charge on any atom is -0.398 e. The Kier molecular flexibility index (Phi) is 3.21. The molecule has 0 fully saturated rings. The molecule has 108 valence electrons. The van der Waals surface area contributed by atoms with Crippen LogP contribution in [0.3, 0.4) is 0 Å². The lowest BCUT2D eigenvalue weighted by molar-refractivity contribution is -0.386. The number of nitrogen functional groups attached to an aromatic ring is 1. The van der Waals surface area contributed by atoms with Gasteiger partial charge in [-0.2, -0.15) is 4.39 Å². The van der Waals surface area contributed by atoms with Gasteiger partial charge in [0.1, 0.15) is 5.69 Å². The molecule has 0 saturated carbocycles. The zero-order valence-corrected chi connectivity index (χ0v) is 11.3. The van der Waals surface area contributed by atoms with Crippen LogP contribution in [0.25, 0.3) is 0 Å². The second kappa shape index (κ2) is 5.05. The molecule has 0 unspecified atom stereocenters. The van der Waals surface area contributed by atoms with Gasteiger partial charge in [0, 0.05) is 18.8 Å². The van der Waals surface area contributed by atoms with E-state index in [1.165, 1.54) is 6.07 Å². The van der Waals surface area contributed by atoms with Crippen molar-refractivity contribution in [2.45, 2.75) is 13.0 Å². The Balaban J connectivity index is 2.03. The average molecular weight is 287 g/mol. The van der Waals surface area contributed by atoms with Gasteiger partial charge in [0.25, 0.3) is 0 Å². The van der Waals surface area contributed by atoms with Crippen molar-refractivity contribution in [3.05, 3.63) is 63.5 Å². The van der Waals surface area contributed by atoms with Gasteiger partial charge in [-0.3, -0.25) is 10.1 Å². The highest BCUT2D eigenvalue weighted by Crippen LogP contribution is 2.35. The molecular formula is C15H14FN3O2. The maximum atomic E-state index is 13.7. The van der Waals surface area contributed by atoms with E-state index < -0.39 is 16.4 Å². The summed E-state index contributed by atoms with van der Waals surface area (Å²) >= 11 is 0. The summed E-state index contributed by atoms with van der Waals surface area (Å²) in [5, 5.41) is 11.1. The van der Waals surface area contributed by atoms with Crippen molar-refractivity contribution in [2.75, 3.05) is 17.2 Å². The van der Waals surface area contributed by atoms with E-state index in [4.69, 9.17) is 5.73 Å². The SMILES string of the molecule is Nc1cccc2c1CN(c1cccc(F)c1[N+](=O)[O-])CC2. The summed E-state index contributed by atoms with van der Waals surface area (Å²) in [6.07, 6.45) is 0.730. The number of halogens is 1. The third-order valence-electron chi connectivity index (χ3n) is 3.80. The van der Waals surface area contributed by atoms with Gasteiger partial charge in [0.15, 0.2) is 0 Å². The summed E-state index contributed by atoms with van der Waals surface area (Å²) in [6, 6.07) is 9.88. The van der Waals surface area contributed by atoms with Crippen LogP contribution >= 0.6 is 0 Å². The molecule has 1 aliphatic heterocycles. The van der Waals surface area contributed by atoms with Crippen molar-refractivity contribution in [1.29, 1.82) is 0 Å². The number of nitrogens with zero attached hydrogens (tertiary/aromatic N) is 2. The number of para-hydroxylation sites is 1. The largest absolute Gasteiger partial charge is 0.398 e. The third kappa shape index (κ3) is 2.29. The highest BCUT2D eigenvalue weighted by Gasteiger charge is 2.27. The fraction of sp³-hybridized carbons (Fsp3) is 0.200. The Hall–Kier alpha value is -2.63. The number of anilines is 2. The second-order valence-corrected chi connectivity index (χ2v) is 5.02. The van der Waals surface area contributed by atoms with Gasteiger partial charge in [-0.05, 0) is 35.7 Å². The molecule has 21 heavy (non-hydrogen) atoms. The van der Waals surface area contributed by atoms with E-state index in [0.29, 0.717) is 24.5 Å². The molecule has 2 aromatic carbocycles. The number of nitro groups is 1. The molecule has 0 aromatic heterocycles. The van der Waals surface area contributed by atoms with Gasteiger partial charge in [-0.25, -0.2) is 0 Å². The summed E-state index contributed by atoms with van der Waals surface area (Å²) in [4.78, 5) is 12.2. The molecule has 2 N–H and O–H groups in total. The molecule has 0 spiro atoms. The van der Waals surface area contributed by atoms with Crippen molar-refractivity contribution < 1.29 is 9.31 Å². The van der Waals surface area contributed by atoms with E-state index in [9.17, 15) is 14.5 Å². The van der Waals surface area contributed by atoms with Crippen molar-refractivity contribution in [1.82, 2.24) is 0 Å².